The summed E-state index contributed by atoms with van der Waals surface area (Å²) in [7, 11) is -1.01. The fraction of sp³-hybridized carbons (Fsp3) is 0.400. The first-order valence-electron chi connectivity index (χ1n) is 6.97. The predicted molar refractivity (Wildman–Crippen MR) is 81.8 cm³/mol. The van der Waals surface area contributed by atoms with Gasteiger partial charge in [-0.3, -0.25) is 4.79 Å². The highest BCUT2D eigenvalue weighted by atomic mass is 32.2. The van der Waals surface area contributed by atoms with Crippen molar-refractivity contribution < 1.29 is 13.2 Å². The molecule has 3 rings (SSSR count). The van der Waals surface area contributed by atoms with Crippen molar-refractivity contribution in [3.05, 3.63) is 36.0 Å². The first kappa shape index (κ1) is 14.1. The van der Waals surface area contributed by atoms with Crippen LogP contribution in [0.5, 0.6) is 0 Å². The van der Waals surface area contributed by atoms with Crippen LogP contribution in [0.1, 0.15) is 12.0 Å². The van der Waals surface area contributed by atoms with Gasteiger partial charge in [-0.1, -0.05) is 18.2 Å². The molecule has 1 aromatic carbocycles. The molecule has 1 fully saturated rings. The third-order valence-corrected chi connectivity index (χ3v) is 5.70. The van der Waals surface area contributed by atoms with Gasteiger partial charge >= 0.3 is 0 Å². The molecular formula is C15H18N2O3S. The van der Waals surface area contributed by atoms with E-state index in [0.29, 0.717) is 6.42 Å². The highest BCUT2D eigenvalue weighted by Crippen LogP contribution is 2.21. The predicted octanol–water partition coefficient (Wildman–Crippen LogP) is 1.02. The van der Waals surface area contributed by atoms with E-state index in [9.17, 15) is 13.2 Å². The van der Waals surface area contributed by atoms with E-state index < -0.39 is 9.84 Å². The van der Waals surface area contributed by atoms with Crippen LogP contribution >= 0.6 is 0 Å². The summed E-state index contributed by atoms with van der Waals surface area (Å²) in [5.74, 6) is 0.119. The lowest BCUT2D eigenvalue weighted by atomic mass is 10.1. The second kappa shape index (κ2) is 5.18. The van der Waals surface area contributed by atoms with Crippen LogP contribution in [0, 0.1) is 0 Å². The van der Waals surface area contributed by atoms with Crippen molar-refractivity contribution in [2.24, 2.45) is 7.05 Å². The minimum absolute atomic E-state index is 0.0638. The number of hydrogen-bond acceptors (Lipinski definition) is 3. The molecule has 5 nitrogen and oxygen atoms in total. The molecule has 0 aliphatic carbocycles. The standard InChI is InChI=1S/C15H18N2O3S/c1-17-9-11(13-4-2-3-5-14(13)17)8-15(18)16-12-6-7-21(19,20)10-12/h2-5,9,12H,6-8,10H2,1H3,(H,16,18)/t12-/m1/s1. The third kappa shape index (κ3) is 2.95. The summed E-state index contributed by atoms with van der Waals surface area (Å²) in [5, 5.41) is 3.89. The second-order valence-electron chi connectivity index (χ2n) is 5.63. The van der Waals surface area contributed by atoms with Gasteiger partial charge in [-0.15, -0.1) is 0 Å². The van der Waals surface area contributed by atoms with Crippen LogP contribution in [0.4, 0.5) is 0 Å². The lowest BCUT2D eigenvalue weighted by molar-refractivity contribution is -0.120. The van der Waals surface area contributed by atoms with Gasteiger partial charge in [0.25, 0.3) is 0 Å². The first-order valence-corrected chi connectivity index (χ1v) is 8.79. The van der Waals surface area contributed by atoms with Crippen molar-refractivity contribution in [3.63, 3.8) is 0 Å². The summed E-state index contributed by atoms with van der Waals surface area (Å²) in [6.45, 7) is 0. The largest absolute Gasteiger partial charge is 0.352 e. The highest BCUT2D eigenvalue weighted by Gasteiger charge is 2.28. The average molecular weight is 306 g/mol. The van der Waals surface area contributed by atoms with Gasteiger partial charge in [0.2, 0.25) is 5.91 Å². The molecule has 1 aliphatic heterocycles. The fourth-order valence-electron chi connectivity index (χ4n) is 2.93. The lowest BCUT2D eigenvalue weighted by Crippen LogP contribution is -2.36. The molecule has 0 spiro atoms. The molecule has 0 unspecified atom stereocenters. The molecule has 0 radical (unpaired) electrons. The molecule has 1 aromatic heterocycles. The maximum atomic E-state index is 12.1. The van der Waals surface area contributed by atoms with Gasteiger partial charge in [0.05, 0.1) is 17.9 Å². The SMILES string of the molecule is Cn1cc(CC(=O)N[C@@H]2CCS(=O)(=O)C2)c2ccccc21. The molecule has 2 heterocycles. The van der Waals surface area contributed by atoms with E-state index in [-0.39, 0.29) is 29.9 Å². The molecule has 0 bridgehead atoms. The number of benzene rings is 1. The Morgan fingerprint density at radius 3 is 2.86 bits per heavy atom. The van der Waals surface area contributed by atoms with Crippen LogP contribution in [-0.2, 0) is 28.1 Å². The Morgan fingerprint density at radius 2 is 2.14 bits per heavy atom. The zero-order valence-electron chi connectivity index (χ0n) is 11.9. The molecule has 2 aromatic rings. The van der Waals surface area contributed by atoms with Crippen LogP contribution in [0.3, 0.4) is 0 Å². The Bertz CT molecular complexity index is 792. The molecule has 1 saturated heterocycles. The lowest BCUT2D eigenvalue weighted by Gasteiger charge is -2.10. The summed E-state index contributed by atoms with van der Waals surface area (Å²) < 4.78 is 24.8. The van der Waals surface area contributed by atoms with Gasteiger partial charge in [-0.25, -0.2) is 8.42 Å². The molecule has 112 valence electrons. The number of rotatable bonds is 3. The monoisotopic (exact) mass is 306 g/mol. The van der Waals surface area contributed by atoms with Crippen molar-refractivity contribution >= 4 is 26.6 Å². The Labute approximate surface area is 123 Å². The van der Waals surface area contributed by atoms with Crippen LogP contribution in [0.25, 0.3) is 10.9 Å². The molecule has 1 amide bonds. The van der Waals surface area contributed by atoms with Gasteiger partial charge in [-0.05, 0) is 18.1 Å². The van der Waals surface area contributed by atoms with Crippen molar-refractivity contribution in [1.29, 1.82) is 0 Å². The number of hydrogen-bond donors (Lipinski definition) is 1. The number of carbonyl (C=O) groups excluding carboxylic acids is 1. The Morgan fingerprint density at radius 1 is 1.38 bits per heavy atom. The van der Waals surface area contributed by atoms with E-state index in [1.54, 1.807) is 0 Å². The number of nitrogens with one attached hydrogen (secondary N) is 1. The molecular weight excluding hydrogens is 288 g/mol. The zero-order valence-corrected chi connectivity index (χ0v) is 12.7. The van der Waals surface area contributed by atoms with Crippen molar-refractivity contribution in [2.45, 2.75) is 18.9 Å². The summed E-state index contributed by atoms with van der Waals surface area (Å²) in [6, 6.07) is 7.69. The number of amides is 1. The van der Waals surface area contributed by atoms with Crippen molar-refractivity contribution in [3.8, 4) is 0 Å². The number of sulfone groups is 1. The number of para-hydroxylation sites is 1. The van der Waals surface area contributed by atoms with Gasteiger partial charge < -0.3 is 9.88 Å². The minimum atomic E-state index is -2.96. The number of aryl methyl sites for hydroxylation is 1. The molecule has 1 N–H and O–H groups in total. The molecule has 0 saturated carbocycles. The highest BCUT2D eigenvalue weighted by molar-refractivity contribution is 7.91. The fourth-order valence-corrected chi connectivity index (χ4v) is 4.60. The number of carbonyl (C=O) groups is 1. The topological polar surface area (TPSA) is 68.2 Å². The van der Waals surface area contributed by atoms with E-state index in [4.69, 9.17) is 0 Å². The van der Waals surface area contributed by atoms with Crippen LogP contribution in [0.15, 0.2) is 30.5 Å². The molecule has 1 atom stereocenters. The van der Waals surface area contributed by atoms with Crippen LogP contribution in [0.2, 0.25) is 0 Å². The number of fused-ring (bicyclic) bond motifs is 1. The summed E-state index contributed by atoms with van der Waals surface area (Å²) >= 11 is 0. The van der Waals surface area contributed by atoms with E-state index in [1.807, 2.05) is 42.1 Å². The quantitative estimate of drug-likeness (QED) is 0.921. The van der Waals surface area contributed by atoms with Crippen molar-refractivity contribution in [2.75, 3.05) is 11.5 Å². The first-order chi connectivity index (χ1) is 9.94. The normalized spacial score (nSPS) is 20.7. The van der Waals surface area contributed by atoms with Gasteiger partial charge in [0.15, 0.2) is 9.84 Å². The molecule has 6 heteroatoms. The van der Waals surface area contributed by atoms with Gasteiger partial charge in [0.1, 0.15) is 0 Å². The molecule has 21 heavy (non-hydrogen) atoms. The van der Waals surface area contributed by atoms with Gasteiger partial charge in [0, 0.05) is 30.2 Å². The molecule has 1 aliphatic rings. The van der Waals surface area contributed by atoms with E-state index in [2.05, 4.69) is 5.32 Å². The van der Waals surface area contributed by atoms with E-state index in [1.165, 1.54) is 0 Å². The van der Waals surface area contributed by atoms with E-state index >= 15 is 0 Å². The van der Waals surface area contributed by atoms with Crippen molar-refractivity contribution in [1.82, 2.24) is 9.88 Å². The second-order valence-corrected chi connectivity index (χ2v) is 7.86. The van der Waals surface area contributed by atoms with Crippen LogP contribution < -0.4 is 5.32 Å². The smallest absolute Gasteiger partial charge is 0.224 e. The Balaban J connectivity index is 1.72. The maximum Gasteiger partial charge on any atom is 0.224 e. The minimum Gasteiger partial charge on any atom is -0.352 e. The Kier molecular flexibility index (Phi) is 3.49. The summed E-state index contributed by atoms with van der Waals surface area (Å²) in [5.41, 5.74) is 2.05. The number of aromatic nitrogens is 1. The average Bonchev–Trinajstić information content (AvgIpc) is 2.91. The zero-order chi connectivity index (χ0) is 15.0. The van der Waals surface area contributed by atoms with Gasteiger partial charge in [-0.2, -0.15) is 0 Å². The summed E-state index contributed by atoms with van der Waals surface area (Å²) in [6.07, 6.45) is 2.75. The summed E-state index contributed by atoms with van der Waals surface area (Å²) in [4.78, 5) is 12.1. The maximum absolute atomic E-state index is 12.1. The number of nitrogens with zero attached hydrogens (tertiary/aromatic N) is 1. The Hall–Kier alpha value is -1.82. The van der Waals surface area contributed by atoms with Crippen LogP contribution in [-0.4, -0.2) is 36.4 Å². The van der Waals surface area contributed by atoms with E-state index in [0.717, 1.165) is 16.5 Å². The third-order valence-electron chi connectivity index (χ3n) is 3.93.